The minimum absolute atomic E-state index is 0.0918. The minimum atomic E-state index is 0.0918. The molecule has 0 bridgehead atoms. The molecular weight excluding hydrogens is 390 g/mol. The van der Waals surface area contributed by atoms with E-state index in [0.29, 0.717) is 13.2 Å². The first-order chi connectivity index (χ1) is 14.6. The Bertz CT molecular complexity index is 1030. The average Bonchev–Trinajstić information content (AvgIpc) is 2.79. The molecule has 30 heavy (non-hydrogen) atoms. The molecular formula is C26H27NO2S. The smallest absolute Gasteiger partial charge is 0.254 e. The van der Waals surface area contributed by atoms with E-state index >= 15 is 0 Å². The predicted octanol–water partition coefficient (Wildman–Crippen LogP) is 5.88. The van der Waals surface area contributed by atoms with Crippen molar-refractivity contribution in [3.05, 3.63) is 94.5 Å². The van der Waals surface area contributed by atoms with Crippen molar-refractivity contribution in [2.45, 2.75) is 37.5 Å². The first-order valence-electron chi connectivity index (χ1n) is 10.5. The average molecular weight is 418 g/mol. The molecule has 1 heterocycles. The number of hydrogen-bond acceptors (Lipinski definition) is 3. The van der Waals surface area contributed by atoms with Crippen LogP contribution in [0.2, 0.25) is 0 Å². The Kier molecular flexibility index (Phi) is 6.44. The number of nitrogens with zero attached hydrogens (tertiary/aromatic N) is 1. The summed E-state index contributed by atoms with van der Waals surface area (Å²) in [4.78, 5) is 16.4. The van der Waals surface area contributed by atoms with Crippen molar-refractivity contribution in [2.24, 2.45) is 0 Å². The quantitative estimate of drug-likeness (QED) is 0.469. The van der Waals surface area contributed by atoms with E-state index in [1.54, 1.807) is 11.8 Å². The van der Waals surface area contributed by atoms with E-state index in [2.05, 4.69) is 49.4 Å². The predicted molar refractivity (Wildman–Crippen MR) is 123 cm³/mol. The Balaban J connectivity index is 1.52. The largest absolute Gasteiger partial charge is 0.494 e. The van der Waals surface area contributed by atoms with E-state index in [4.69, 9.17) is 4.74 Å². The molecule has 0 radical (unpaired) electrons. The zero-order chi connectivity index (χ0) is 20.9. The Hall–Kier alpha value is -2.72. The van der Waals surface area contributed by atoms with E-state index < -0.39 is 0 Å². The van der Waals surface area contributed by atoms with Gasteiger partial charge in [-0.25, -0.2) is 0 Å². The van der Waals surface area contributed by atoms with Crippen LogP contribution in [0.15, 0.2) is 71.6 Å². The number of aryl methyl sites for hydroxylation is 1. The van der Waals surface area contributed by atoms with Crippen LogP contribution in [0.3, 0.4) is 0 Å². The Morgan fingerprint density at radius 3 is 2.57 bits per heavy atom. The molecule has 0 fully saturated rings. The van der Waals surface area contributed by atoms with Gasteiger partial charge in [-0.3, -0.25) is 4.79 Å². The molecule has 0 N–H and O–H groups in total. The normalized spacial score (nSPS) is 13.1. The van der Waals surface area contributed by atoms with Crippen LogP contribution in [0, 0.1) is 6.92 Å². The van der Waals surface area contributed by atoms with Gasteiger partial charge in [-0.1, -0.05) is 42.0 Å². The molecule has 4 heteroatoms. The van der Waals surface area contributed by atoms with Crippen LogP contribution < -0.4 is 4.74 Å². The second kappa shape index (κ2) is 9.40. The fraction of sp³-hybridized carbons (Fsp3) is 0.269. The van der Waals surface area contributed by atoms with Gasteiger partial charge in [-0.05, 0) is 61.7 Å². The first-order valence-corrected chi connectivity index (χ1v) is 11.4. The third-order valence-corrected chi connectivity index (χ3v) is 6.50. The Morgan fingerprint density at radius 2 is 1.80 bits per heavy atom. The van der Waals surface area contributed by atoms with E-state index in [1.165, 1.54) is 21.6 Å². The molecule has 0 atom stereocenters. The van der Waals surface area contributed by atoms with Gasteiger partial charge in [0.15, 0.2) is 0 Å². The summed E-state index contributed by atoms with van der Waals surface area (Å²) < 4.78 is 5.83. The van der Waals surface area contributed by atoms with Gasteiger partial charge in [0.2, 0.25) is 0 Å². The number of thioether (sulfide) groups is 1. The second-order valence-corrected chi connectivity index (χ2v) is 8.65. The summed E-state index contributed by atoms with van der Waals surface area (Å²) in [5.41, 5.74) is 5.65. The van der Waals surface area contributed by atoms with Crippen LogP contribution in [-0.4, -0.2) is 24.0 Å². The van der Waals surface area contributed by atoms with Gasteiger partial charge in [0, 0.05) is 34.9 Å². The fourth-order valence-corrected chi connectivity index (χ4v) is 4.65. The van der Waals surface area contributed by atoms with Gasteiger partial charge in [-0.2, -0.15) is 0 Å². The number of carbonyl (C=O) groups excluding carboxylic acids is 1. The molecule has 0 unspecified atom stereocenters. The van der Waals surface area contributed by atoms with Gasteiger partial charge >= 0.3 is 0 Å². The maximum atomic E-state index is 13.2. The number of rotatable bonds is 6. The molecule has 1 aliphatic heterocycles. The molecule has 154 valence electrons. The van der Waals surface area contributed by atoms with Crippen molar-refractivity contribution in [3.8, 4) is 5.75 Å². The van der Waals surface area contributed by atoms with Gasteiger partial charge in [0.05, 0.1) is 6.61 Å². The molecule has 0 spiro atoms. The Morgan fingerprint density at radius 1 is 1.03 bits per heavy atom. The first kappa shape index (κ1) is 20.5. The fourth-order valence-electron chi connectivity index (χ4n) is 3.77. The lowest BCUT2D eigenvalue weighted by Gasteiger charge is -2.29. The third-order valence-electron chi connectivity index (χ3n) is 5.44. The zero-order valence-electron chi connectivity index (χ0n) is 17.6. The standard InChI is InChI=1S/C26H27NO2S/c1-3-29-25-13-10-21(16-23(25)18-30-24-11-8-19(2)9-12-24)26(28)27-15-14-20-6-4-5-7-22(20)17-27/h4-13,16H,3,14-15,17-18H2,1-2H3. The number of amides is 1. The lowest BCUT2D eigenvalue weighted by molar-refractivity contribution is 0.0734. The summed E-state index contributed by atoms with van der Waals surface area (Å²) in [5, 5.41) is 0. The molecule has 0 saturated carbocycles. The van der Waals surface area contributed by atoms with Crippen molar-refractivity contribution in [2.75, 3.05) is 13.2 Å². The van der Waals surface area contributed by atoms with Crippen LogP contribution in [0.1, 0.15) is 39.5 Å². The van der Waals surface area contributed by atoms with Crippen LogP contribution in [0.25, 0.3) is 0 Å². The second-order valence-electron chi connectivity index (χ2n) is 7.60. The number of ether oxygens (including phenoxy) is 1. The van der Waals surface area contributed by atoms with Crippen molar-refractivity contribution < 1.29 is 9.53 Å². The van der Waals surface area contributed by atoms with Crippen molar-refractivity contribution in [3.63, 3.8) is 0 Å². The van der Waals surface area contributed by atoms with Gasteiger partial charge in [0.25, 0.3) is 5.91 Å². The summed E-state index contributed by atoms with van der Waals surface area (Å²) in [6.07, 6.45) is 0.912. The highest BCUT2D eigenvalue weighted by molar-refractivity contribution is 7.98. The number of carbonyl (C=O) groups is 1. The highest BCUT2D eigenvalue weighted by atomic mass is 32.2. The highest BCUT2D eigenvalue weighted by Crippen LogP contribution is 2.30. The van der Waals surface area contributed by atoms with E-state index in [9.17, 15) is 4.79 Å². The van der Waals surface area contributed by atoms with Crippen molar-refractivity contribution >= 4 is 17.7 Å². The molecule has 0 saturated heterocycles. The van der Waals surface area contributed by atoms with E-state index in [1.807, 2.05) is 36.1 Å². The van der Waals surface area contributed by atoms with Crippen LogP contribution >= 0.6 is 11.8 Å². The topological polar surface area (TPSA) is 29.5 Å². The summed E-state index contributed by atoms with van der Waals surface area (Å²) in [6, 6.07) is 22.8. The Labute approximate surface area is 183 Å². The monoisotopic (exact) mass is 417 g/mol. The maximum Gasteiger partial charge on any atom is 0.254 e. The molecule has 4 rings (SSSR count). The highest BCUT2D eigenvalue weighted by Gasteiger charge is 2.22. The summed E-state index contributed by atoms with van der Waals surface area (Å²) in [6.45, 7) is 6.13. The summed E-state index contributed by atoms with van der Waals surface area (Å²) >= 11 is 1.76. The summed E-state index contributed by atoms with van der Waals surface area (Å²) in [5.74, 6) is 1.72. The number of benzene rings is 3. The number of hydrogen-bond donors (Lipinski definition) is 0. The van der Waals surface area contributed by atoms with Crippen LogP contribution in [0.5, 0.6) is 5.75 Å². The molecule has 3 nitrogen and oxygen atoms in total. The molecule has 1 aliphatic rings. The van der Waals surface area contributed by atoms with Gasteiger partial charge < -0.3 is 9.64 Å². The molecule has 3 aromatic rings. The molecule has 0 aliphatic carbocycles. The van der Waals surface area contributed by atoms with Crippen LogP contribution in [0.4, 0.5) is 0 Å². The van der Waals surface area contributed by atoms with Gasteiger partial charge in [0.1, 0.15) is 5.75 Å². The molecule has 0 aromatic heterocycles. The third kappa shape index (κ3) is 4.71. The van der Waals surface area contributed by atoms with Crippen LogP contribution in [-0.2, 0) is 18.7 Å². The van der Waals surface area contributed by atoms with Crippen molar-refractivity contribution in [1.82, 2.24) is 4.90 Å². The number of fused-ring (bicyclic) bond motifs is 1. The maximum absolute atomic E-state index is 13.2. The minimum Gasteiger partial charge on any atom is -0.494 e. The van der Waals surface area contributed by atoms with Gasteiger partial charge in [-0.15, -0.1) is 11.8 Å². The van der Waals surface area contributed by atoms with E-state index in [-0.39, 0.29) is 5.91 Å². The summed E-state index contributed by atoms with van der Waals surface area (Å²) in [7, 11) is 0. The SMILES string of the molecule is CCOc1ccc(C(=O)N2CCc3ccccc3C2)cc1CSc1ccc(C)cc1. The van der Waals surface area contributed by atoms with Crippen molar-refractivity contribution in [1.29, 1.82) is 0 Å². The van der Waals surface area contributed by atoms with E-state index in [0.717, 1.165) is 35.6 Å². The molecule has 1 amide bonds. The zero-order valence-corrected chi connectivity index (χ0v) is 18.4. The molecule has 3 aromatic carbocycles. The lowest BCUT2D eigenvalue weighted by atomic mass is 9.99. The lowest BCUT2D eigenvalue weighted by Crippen LogP contribution is -2.35.